The van der Waals surface area contributed by atoms with Gasteiger partial charge in [-0.1, -0.05) is 29.8 Å². The molecule has 32 heavy (non-hydrogen) atoms. The minimum absolute atomic E-state index is 0.0135. The number of hydrogen-bond acceptors (Lipinski definition) is 4. The van der Waals surface area contributed by atoms with Gasteiger partial charge in [0.25, 0.3) is 5.91 Å². The number of pyridine rings is 1. The molecular weight excluding hydrogens is 422 g/mol. The van der Waals surface area contributed by atoms with Crippen molar-refractivity contribution in [2.75, 3.05) is 13.1 Å². The van der Waals surface area contributed by atoms with Crippen molar-refractivity contribution >= 4 is 23.2 Å². The van der Waals surface area contributed by atoms with Crippen molar-refractivity contribution in [3.8, 4) is 0 Å². The molecule has 1 saturated heterocycles. The number of likely N-dealkylation sites (tertiary alicyclic amines) is 1. The number of aryl methyl sites for hydroxylation is 1. The van der Waals surface area contributed by atoms with Crippen molar-refractivity contribution in [2.24, 2.45) is 0 Å². The SMILES string of the molecule is Cc1cnc2c(C(=O)N3CCC[C@@H](c4ccc(Cc5ccc(Cl)cc5)cn4)C3)cnn2c1. The highest BCUT2D eigenvalue weighted by Gasteiger charge is 2.28. The Hall–Kier alpha value is -3.25. The van der Waals surface area contributed by atoms with E-state index < -0.39 is 0 Å². The van der Waals surface area contributed by atoms with Crippen molar-refractivity contribution in [2.45, 2.75) is 32.1 Å². The first kappa shape index (κ1) is 20.6. The molecule has 4 heterocycles. The molecule has 7 heteroatoms. The summed E-state index contributed by atoms with van der Waals surface area (Å²) in [6, 6.07) is 12.1. The van der Waals surface area contributed by atoms with Crippen LogP contribution in [0.2, 0.25) is 5.02 Å². The highest BCUT2D eigenvalue weighted by Crippen LogP contribution is 2.27. The van der Waals surface area contributed by atoms with Gasteiger partial charge in [0, 0.05) is 48.3 Å². The van der Waals surface area contributed by atoms with Crippen LogP contribution in [-0.2, 0) is 6.42 Å². The maximum Gasteiger partial charge on any atom is 0.259 e. The summed E-state index contributed by atoms with van der Waals surface area (Å²) in [5.41, 5.74) is 5.56. The Morgan fingerprint density at radius 2 is 1.88 bits per heavy atom. The van der Waals surface area contributed by atoms with E-state index in [1.165, 1.54) is 5.56 Å². The maximum atomic E-state index is 13.2. The molecule has 3 aromatic heterocycles. The number of nitrogens with zero attached hydrogens (tertiary/aromatic N) is 5. The summed E-state index contributed by atoms with van der Waals surface area (Å²) >= 11 is 5.97. The lowest BCUT2D eigenvalue weighted by Gasteiger charge is -2.32. The Morgan fingerprint density at radius 1 is 1.06 bits per heavy atom. The van der Waals surface area contributed by atoms with Gasteiger partial charge in [0.15, 0.2) is 5.65 Å². The third-order valence-corrected chi connectivity index (χ3v) is 6.26. The van der Waals surface area contributed by atoms with Gasteiger partial charge in [-0.25, -0.2) is 9.50 Å². The van der Waals surface area contributed by atoms with Crippen LogP contribution in [0.15, 0.2) is 61.2 Å². The van der Waals surface area contributed by atoms with Crippen LogP contribution in [0, 0.1) is 6.92 Å². The van der Waals surface area contributed by atoms with Gasteiger partial charge in [0.05, 0.1) is 6.20 Å². The van der Waals surface area contributed by atoms with Gasteiger partial charge < -0.3 is 4.90 Å². The quantitative estimate of drug-likeness (QED) is 0.457. The zero-order valence-corrected chi connectivity index (χ0v) is 18.7. The van der Waals surface area contributed by atoms with Gasteiger partial charge >= 0.3 is 0 Å². The molecule has 0 N–H and O–H groups in total. The molecule has 0 aliphatic carbocycles. The highest BCUT2D eigenvalue weighted by molar-refractivity contribution is 6.30. The molecule has 4 aromatic rings. The number of piperidine rings is 1. The number of aromatic nitrogens is 4. The Balaban J connectivity index is 1.29. The predicted molar refractivity (Wildman–Crippen MR) is 124 cm³/mol. The van der Waals surface area contributed by atoms with Gasteiger partial charge in [-0.2, -0.15) is 5.10 Å². The van der Waals surface area contributed by atoms with Crippen molar-refractivity contribution in [1.82, 2.24) is 24.5 Å². The van der Waals surface area contributed by atoms with Crippen molar-refractivity contribution in [3.05, 3.63) is 94.2 Å². The Bertz CT molecular complexity index is 1250. The molecule has 0 spiro atoms. The Kier molecular flexibility index (Phi) is 5.62. The second-order valence-electron chi connectivity index (χ2n) is 8.44. The van der Waals surface area contributed by atoms with Crippen molar-refractivity contribution in [3.63, 3.8) is 0 Å². The molecule has 1 aliphatic rings. The third kappa shape index (κ3) is 4.23. The van der Waals surface area contributed by atoms with E-state index >= 15 is 0 Å². The summed E-state index contributed by atoms with van der Waals surface area (Å²) in [5.74, 6) is 0.217. The first-order chi connectivity index (χ1) is 15.6. The summed E-state index contributed by atoms with van der Waals surface area (Å²) in [6.45, 7) is 3.36. The molecule has 6 nitrogen and oxygen atoms in total. The summed E-state index contributed by atoms with van der Waals surface area (Å²) in [5, 5.41) is 5.05. The van der Waals surface area contributed by atoms with Crippen LogP contribution < -0.4 is 0 Å². The number of carbonyl (C=O) groups is 1. The number of fused-ring (bicyclic) bond motifs is 1. The van der Waals surface area contributed by atoms with E-state index in [1.807, 2.05) is 48.5 Å². The molecule has 162 valence electrons. The molecule has 1 fully saturated rings. The lowest BCUT2D eigenvalue weighted by molar-refractivity contribution is 0.0707. The van der Waals surface area contributed by atoms with E-state index in [4.69, 9.17) is 16.6 Å². The van der Waals surface area contributed by atoms with Crippen LogP contribution in [0.5, 0.6) is 0 Å². The van der Waals surface area contributed by atoms with Crippen molar-refractivity contribution < 1.29 is 4.79 Å². The van der Waals surface area contributed by atoms with E-state index in [1.54, 1.807) is 16.9 Å². The molecule has 0 radical (unpaired) electrons. The number of rotatable bonds is 4. The van der Waals surface area contributed by atoms with Crippen LogP contribution in [0.1, 0.15) is 51.5 Å². The summed E-state index contributed by atoms with van der Waals surface area (Å²) in [6.07, 6.45) is 10.0. The average molecular weight is 446 g/mol. The molecule has 1 aliphatic heterocycles. The number of halogens is 1. The van der Waals surface area contributed by atoms with Gasteiger partial charge in [-0.3, -0.25) is 9.78 Å². The highest BCUT2D eigenvalue weighted by atomic mass is 35.5. The normalized spacial score (nSPS) is 16.4. The van der Waals surface area contributed by atoms with Gasteiger partial charge in [-0.05, 0) is 61.1 Å². The van der Waals surface area contributed by atoms with E-state index in [0.717, 1.165) is 47.7 Å². The maximum absolute atomic E-state index is 13.2. The van der Waals surface area contributed by atoms with E-state index in [-0.39, 0.29) is 11.8 Å². The van der Waals surface area contributed by atoms with E-state index in [9.17, 15) is 4.79 Å². The molecule has 1 aromatic carbocycles. The first-order valence-electron chi connectivity index (χ1n) is 10.9. The first-order valence-corrected chi connectivity index (χ1v) is 11.2. The van der Waals surface area contributed by atoms with Gasteiger partial charge in [0.1, 0.15) is 5.56 Å². The van der Waals surface area contributed by atoms with Crippen LogP contribution in [0.3, 0.4) is 0 Å². The van der Waals surface area contributed by atoms with Gasteiger partial charge in [0.2, 0.25) is 0 Å². The number of carbonyl (C=O) groups excluding carboxylic acids is 1. The average Bonchev–Trinajstić information content (AvgIpc) is 3.23. The largest absolute Gasteiger partial charge is 0.338 e. The second kappa shape index (κ2) is 8.71. The van der Waals surface area contributed by atoms with E-state index in [2.05, 4.69) is 22.2 Å². The summed E-state index contributed by atoms with van der Waals surface area (Å²) in [4.78, 5) is 24.3. The van der Waals surface area contributed by atoms with Crippen LogP contribution in [0.25, 0.3) is 5.65 Å². The second-order valence-corrected chi connectivity index (χ2v) is 8.88. The monoisotopic (exact) mass is 445 g/mol. The molecule has 5 rings (SSSR count). The van der Waals surface area contributed by atoms with E-state index in [0.29, 0.717) is 17.8 Å². The summed E-state index contributed by atoms with van der Waals surface area (Å²) < 4.78 is 1.67. The Labute approximate surface area is 191 Å². The van der Waals surface area contributed by atoms with Gasteiger partial charge in [-0.15, -0.1) is 0 Å². The third-order valence-electron chi connectivity index (χ3n) is 6.01. The minimum Gasteiger partial charge on any atom is -0.338 e. The zero-order chi connectivity index (χ0) is 22.1. The fourth-order valence-corrected chi connectivity index (χ4v) is 4.44. The molecule has 0 bridgehead atoms. The number of amides is 1. The zero-order valence-electron chi connectivity index (χ0n) is 17.9. The number of benzene rings is 1. The number of hydrogen-bond donors (Lipinski definition) is 0. The lowest BCUT2D eigenvalue weighted by Crippen LogP contribution is -2.39. The van der Waals surface area contributed by atoms with Crippen LogP contribution in [0.4, 0.5) is 0 Å². The molecule has 1 amide bonds. The minimum atomic E-state index is -0.0135. The lowest BCUT2D eigenvalue weighted by atomic mass is 9.93. The Morgan fingerprint density at radius 3 is 2.66 bits per heavy atom. The van der Waals surface area contributed by atoms with Crippen LogP contribution in [-0.4, -0.2) is 43.5 Å². The van der Waals surface area contributed by atoms with Crippen LogP contribution >= 0.6 is 11.6 Å². The van der Waals surface area contributed by atoms with Crippen molar-refractivity contribution in [1.29, 1.82) is 0 Å². The fourth-order valence-electron chi connectivity index (χ4n) is 4.31. The predicted octanol–water partition coefficient (Wildman–Crippen LogP) is 4.70. The molecule has 1 atom stereocenters. The molecular formula is C25H24ClN5O. The fraction of sp³-hybridized carbons (Fsp3) is 0.280. The molecule has 0 unspecified atom stereocenters. The summed E-state index contributed by atoms with van der Waals surface area (Å²) in [7, 11) is 0. The standard InChI is InChI=1S/C25H24ClN5O/c1-17-12-28-24-22(14-29-31(24)15-17)25(32)30-10-2-3-20(16-30)23-9-6-19(13-27-23)11-18-4-7-21(26)8-5-18/h4-9,12-15,20H,2-3,10-11,16H2,1H3/t20-/m1/s1. The smallest absolute Gasteiger partial charge is 0.259 e. The molecule has 0 saturated carbocycles. The topological polar surface area (TPSA) is 63.4 Å².